The van der Waals surface area contributed by atoms with Gasteiger partial charge in [0.2, 0.25) is 0 Å². The van der Waals surface area contributed by atoms with E-state index < -0.39 is 5.60 Å². The van der Waals surface area contributed by atoms with E-state index in [1.165, 1.54) is 0 Å². The fourth-order valence-corrected chi connectivity index (χ4v) is 1.49. The lowest BCUT2D eigenvalue weighted by molar-refractivity contribution is 0.0521. The maximum atomic E-state index is 10.1. The monoisotopic (exact) mass is 209 g/mol. The van der Waals surface area contributed by atoms with Gasteiger partial charge in [-0.1, -0.05) is 6.07 Å². The van der Waals surface area contributed by atoms with Gasteiger partial charge in [-0.15, -0.1) is 0 Å². The average molecular weight is 209 g/mol. The van der Waals surface area contributed by atoms with Crippen LogP contribution < -0.4 is 11.1 Å². The standard InChI is InChI=1S/C11H19N3O/c1-11(15,5-7-13-2)8-9-4-3-6-14-10(9)12/h3-4,6,13,15H,5,7-8H2,1-2H3,(H2,12,14). The van der Waals surface area contributed by atoms with E-state index in [1.54, 1.807) is 6.20 Å². The van der Waals surface area contributed by atoms with Gasteiger partial charge < -0.3 is 16.2 Å². The normalized spacial score (nSPS) is 14.9. The molecule has 0 amide bonds. The lowest BCUT2D eigenvalue weighted by Gasteiger charge is -2.23. The van der Waals surface area contributed by atoms with E-state index in [0.717, 1.165) is 12.1 Å². The molecule has 0 aliphatic carbocycles. The first-order valence-electron chi connectivity index (χ1n) is 5.11. The molecule has 0 aromatic carbocycles. The van der Waals surface area contributed by atoms with Gasteiger partial charge >= 0.3 is 0 Å². The van der Waals surface area contributed by atoms with Gasteiger partial charge in [0.05, 0.1) is 5.60 Å². The molecule has 1 heterocycles. The van der Waals surface area contributed by atoms with Crippen LogP contribution in [0.15, 0.2) is 18.3 Å². The van der Waals surface area contributed by atoms with E-state index in [2.05, 4.69) is 10.3 Å². The molecule has 4 N–H and O–H groups in total. The van der Waals surface area contributed by atoms with Gasteiger partial charge in [0.15, 0.2) is 0 Å². The number of aromatic nitrogens is 1. The SMILES string of the molecule is CNCCC(C)(O)Cc1cccnc1N. The van der Waals surface area contributed by atoms with E-state index in [1.807, 2.05) is 26.1 Å². The highest BCUT2D eigenvalue weighted by Gasteiger charge is 2.21. The molecule has 0 radical (unpaired) electrons. The molecule has 0 fully saturated rings. The Kier molecular flexibility index (Phi) is 4.05. The van der Waals surface area contributed by atoms with Crippen molar-refractivity contribution in [1.82, 2.24) is 10.3 Å². The largest absolute Gasteiger partial charge is 0.390 e. The van der Waals surface area contributed by atoms with E-state index in [-0.39, 0.29) is 0 Å². The molecule has 0 aliphatic heterocycles. The van der Waals surface area contributed by atoms with Crippen LogP contribution in [0.1, 0.15) is 18.9 Å². The molecule has 1 unspecified atom stereocenters. The average Bonchev–Trinajstić information content (AvgIpc) is 2.18. The first-order valence-corrected chi connectivity index (χ1v) is 5.11. The number of anilines is 1. The Bertz CT molecular complexity index is 312. The van der Waals surface area contributed by atoms with E-state index in [9.17, 15) is 5.11 Å². The minimum absolute atomic E-state index is 0.502. The van der Waals surface area contributed by atoms with Gasteiger partial charge in [-0.25, -0.2) is 4.98 Å². The fourth-order valence-electron chi connectivity index (χ4n) is 1.49. The molecular formula is C11H19N3O. The summed E-state index contributed by atoms with van der Waals surface area (Å²) in [4.78, 5) is 3.99. The van der Waals surface area contributed by atoms with Crippen LogP contribution in [0, 0.1) is 0 Å². The van der Waals surface area contributed by atoms with Gasteiger partial charge in [0.25, 0.3) is 0 Å². The highest BCUT2D eigenvalue weighted by atomic mass is 16.3. The minimum atomic E-state index is -0.736. The first-order chi connectivity index (χ1) is 7.05. The van der Waals surface area contributed by atoms with Crippen molar-refractivity contribution in [2.75, 3.05) is 19.3 Å². The number of nitrogen functional groups attached to an aromatic ring is 1. The Morgan fingerprint density at radius 3 is 2.93 bits per heavy atom. The van der Waals surface area contributed by atoms with Crippen molar-refractivity contribution < 1.29 is 5.11 Å². The molecule has 84 valence electrons. The van der Waals surface area contributed by atoms with Crippen molar-refractivity contribution in [2.24, 2.45) is 0 Å². The van der Waals surface area contributed by atoms with Gasteiger partial charge in [0, 0.05) is 12.6 Å². The zero-order valence-electron chi connectivity index (χ0n) is 9.33. The van der Waals surface area contributed by atoms with E-state index >= 15 is 0 Å². The smallest absolute Gasteiger partial charge is 0.126 e. The topological polar surface area (TPSA) is 71.2 Å². The van der Waals surface area contributed by atoms with Crippen LogP contribution in [0.2, 0.25) is 0 Å². The second-order valence-corrected chi connectivity index (χ2v) is 4.08. The third kappa shape index (κ3) is 3.85. The van der Waals surface area contributed by atoms with Crippen LogP contribution in [0.5, 0.6) is 0 Å². The Labute approximate surface area is 90.5 Å². The minimum Gasteiger partial charge on any atom is -0.390 e. The number of aliphatic hydroxyl groups is 1. The van der Waals surface area contributed by atoms with Crippen LogP contribution in [0.4, 0.5) is 5.82 Å². The summed E-state index contributed by atoms with van der Waals surface area (Å²) in [6.45, 7) is 2.60. The summed E-state index contributed by atoms with van der Waals surface area (Å²) in [6, 6.07) is 3.73. The molecule has 0 saturated heterocycles. The quantitative estimate of drug-likeness (QED) is 0.663. The van der Waals surface area contributed by atoms with Crippen molar-refractivity contribution in [2.45, 2.75) is 25.4 Å². The zero-order valence-corrected chi connectivity index (χ0v) is 9.33. The lowest BCUT2D eigenvalue weighted by Crippen LogP contribution is -2.31. The van der Waals surface area contributed by atoms with Gasteiger partial charge in [-0.2, -0.15) is 0 Å². The highest BCUT2D eigenvalue weighted by Crippen LogP contribution is 2.19. The number of nitrogens with two attached hydrogens (primary N) is 1. The predicted molar refractivity (Wildman–Crippen MR) is 61.5 cm³/mol. The van der Waals surface area contributed by atoms with E-state index in [0.29, 0.717) is 18.7 Å². The van der Waals surface area contributed by atoms with Gasteiger partial charge in [0.1, 0.15) is 5.82 Å². The number of rotatable bonds is 5. The van der Waals surface area contributed by atoms with Crippen LogP contribution >= 0.6 is 0 Å². The Hall–Kier alpha value is -1.13. The van der Waals surface area contributed by atoms with Crippen LogP contribution in [0.25, 0.3) is 0 Å². The summed E-state index contributed by atoms with van der Waals surface area (Å²) in [5.74, 6) is 0.502. The molecule has 0 aliphatic rings. The van der Waals surface area contributed by atoms with Crippen molar-refractivity contribution >= 4 is 5.82 Å². The molecule has 0 saturated carbocycles. The van der Waals surface area contributed by atoms with Crippen LogP contribution in [-0.4, -0.2) is 29.3 Å². The first kappa shape index (κ1) is 11.9. The maximum Gasteiger partial charge on any atom is 0.126 e. The third-order valence-corrected chi connectivity index (χ3v) is 2.41. The number of hydrogen-bond donors (Lipinski definition) is 3. The van der Waals surface area contributed by atoms with Crippen molar-refractivity contribution in [3.63, 3.8) is 0 Å². The van der Waals surface area contributed by atoms with E-state index in [4.69, 9.17) is 5.73 Å². The summed E-state index contributed by atoms with van der Waals surface area (Å²) in [5, 5.41) is 13.1. The summed E-state index contributed by atoms with van der Waals surface area (Å²) in [5.41, 5.74) is 5.88. The molecule has 1 atom stereocenters. The predicted octanol–water partition coefficient (Wildman–Crippen LogP) is 0.567. The van der Waals surface area contributed by atoms with Crippen LogP contribution in [-0.2, 0) is 6.42 Å². The zero-order chi connectivity index (χ0) is 11.3. The second-order valence-electron chi connectivity index (χ2n) is 4.08. The lowest BCUT2D eigenvalue weighted by atomic mass is 9.93. The Balaban J connectivity index is 2.64. The molecule has 1 aromatic rings. The number of hydrogen-bond acceptors (Lipinski definition) is 4. The Morgan fingerprint density at radius 1 is 1.60 bits per heavy atom. The molecule has 0 spiro atoms. The maximum absolute atomic E-state index is 10.1. The molecular weight excluding hydrogens is 190 g/mol. The summed E-state index contributed by atoms with van der Waals surface area (Å²) in [6.07, 6.45) is 2.88. The molecule has 1 rings (SSSR count). The van der Waals surface area contributed by atoms with Crippen molar-refractivity contribution in [1.29, 1.82) is 0 Å². The second kappa shape index (κ2) is 5.09. The number of pyridine rings is 1. The van der Waals surface area contributed by atoms with Crippen LogP contribution in [0.3, 0.4) is 0 Å². The molecule has 15 heavy (non-hydrogen) atoms. The Morgan fingerprint density at radius 2 is 2.33 bits per heavy atom. The van der Waals surface area contributed by atoms with Gasteiger partial charge in [-0.05, 0) is 38.6 Å². The number of nitrogens with zero attached hydrogens (tertiary/aromatic N) is 1. The number of nitrogens with one attached hydrogen (secondary N) is 1. The summed E-state index contributed by atoms with van der Waals surface area (Å²) in [7, 11) is 1.87. The summed E-state index contributed by atoms with van der Waals surface area (Å²) >= 11 is 0. The molecule has 4 heteroatoms. The van der Waals surface area contributed by atoms with Crippen molar-refractivity contribution in [3.05, 3.63) is 23.9 Å². The molecule has 4 nitrogen and oxygen atoms in total. The third-order valence-electron chi connectivity index (χ3n) is 2.41. The fraction of sp³-hybridized carbons (Fsp3) is 0.545. The molecule has 1 aromatic heterocycles. The molecule has 0 bridgehead atoms. The van der Waals surface area contributed by atoms with Crippen molar-refractivity contribution in [3.8, 4) is 0 Å². The summed E-state index contributed by atoms with van der Waals surface area (Å²) < 4.78 is 0. The highest BCUT2D eigenvalue weighted by molar-refractivity contribution is 5.39. The van der Waals surface area contributed by atoms with Gasteiger partial charge in [-0.3, -0.25) is 0 Å².